The van der Waals surface area contributed by atoms with E-state index in [4.69, 9.17) is 0 Å². The highest BCUT2D eigenvalue weighted by atomic mass is 16.3. The molecule has 2 rings (SSSR count). The highest BCUT2D eigenvalue weighted by molar-refractivity contribution is 5.87. The summed E-state index contributed by atoms with van der Waals surface area (Å²) in [5.41, 5.74) is 3.86. The van der Waals surface area contributed by atoms with Gasteiger partial charge >= 0.3 is 0 Å². The Hall–Kier alpha value is -2.10. The number of hydrogen-bond donors (Lipinski definition) is 2. The monoisotopic (exact) mass is 286 g/mol. The molecular weight excluding hydrogens is 264 g/mol. The van der Waals surface area contributed by atoms with Crippen LogP contribution in [0.2, 0.25) is 0 Å². The number of allylic oxidation sites excluding steroid dienone is 2. The second-order valence-corrected chi connectivity index (χ2v) is 5.75. The third-order valence-corrected chi connectivity index (χ3v) is 3.79. The number of phenols is 2. The van der Waals surface area contributed by atoms with Crippen molar-refractivity contribution >= 4 is 11.0 Å². The number of phenolic OH excluding ortho intramolecular Hbond substituents is 2. The average Bonchev–Trinajstić information content (AvgIpc) is 2.45. The van der Waals surface area contributed by atoms with Gasteiger partial charge < -0.3 is 10.2 Å². The van der Waals surface area contributed by atoms with Gasteiger partial charge in [-0.15, -0.1) is 0 Å². The Morgan fingerprint density at radius 1 is 1.14 bits per heavy atom. The van der Waals surface area contributed by atoms with Gasteiger partial charge in [0.25, 0.3) is 0 Å². The van der Waals surface area contributed by atoms with E-state index in [-0.39, 0.29) is 17.4 Å². The third-order valence-electron chi connectivity index (χ3n) is 3.79. The summed E-state index contributed by atoms with van der Waals surface area (Å²) in [5, 5.41) is 20.4. The molecule has 0 spiro atoms. The van der Waals surface area contributed by atoms with E-state index in [0.717, 1.165) is 12.8 Å². The maximum atomic E-state index is 10.3. The zero-order valence-electron chi connectivity index (χ0n) is 13.0. The van der Waals surface area contributed by atoms with E-state index in [1.165, 1.54) is 5.57 Å². The fraction of sp³-hybridized carbons (Fsp3) is 0.412. The summed E-state index contributed by atoms with van der Waals surface area (Å²) in [5.74, 6) is -0.0661. The Morgan fingerprint density at radius 2 is 1.76 bits per heavy atom. The largest absolute Gasteiger partial charge is 0.504 e. The molecule has 0 radical (unpaired) electrons. The molecule has 1 aromatic heterocycles. The van der Waals surface area contributed by atoms with Gasteiger partial charge in [-0.2, -0.15) is 0 Å². The zero-order valence-corrected chi connectivity index (χ0v) is 13.0. The number of benzene rings is 1. The molecule has 4 heteroatoms. The van der Waals surface area contributed by atoms with E-state index in [1.807, 2.05) is 6.92 Å². The van der Waals surface area contributed by atoms with Crippen LogP contribution in [0.25, 0.3) is 11.0 Å². The molecule has 0 aliphatic carbocycles. The molecule has 0 saturated heterocycles. The molecule has 21 heavy (non-hydrogen) atoms. The van der Waals surface area contributed by atoms with E-state index in [1.54, 1.807) is 19.3 Å². The van der Waals surface area contributed by atoms with Crippen molar-refractivity contribution in [3.63, 3.8) is 0 Å². The van der Waals surface area contributed by atoms with Crippen LogP contribution in [-0.4, -0.2) is 20.2 Å². The third kappa shape index (κ3) is 2.99. The van der Waals surface area contributed by atoms with E-state index in [0.29, 0.717) is 22.2 Å². The van der Waals surface area contributed by atoms with Crippen molar-refractivity contribution in [3.8, 4) is 11.5 Å². The molecule has 0 saturated carbocycles. The van der Waals surface area contributed by atoms with E-state index in [9.17, 15) is 10.2 Å². The molecule has 2 aromatic rings. The summed E-state index contributed by atoms with van der Waals surface area (Å²) in [7, 11) is 0. The van der Waals surface area contributed by atoms with Crippen molar-refractivity contribution in [2.45, 2.75) is 46.5 Å². The lowest BCUT2D eigenvalue weighted by Gasteiger charge is -2.17. The molecule has 1 aromatic carbocycles. The maximum absolute atomic E-state index is 10.3. The second kappa shape index (κ2) is 6.12. The van der Waals surface area contributed by atoms with Crippen LogP contribution in [-0.2, 0) is 0 Å². The van der Waals surface area contributed by atoms with Gasteiger partial charge in [0.05, 0.1) is 11.0 Å². The molecule has 2 N–H and O–H groups in total. The SMILES string of the molecule is CC(C)=CCC[C@@H](C)c1c(O)c(O)c(C)c2nccnc12. The molecule has 0 unspecified atom stereocenters. The van der Waals surface area contributed by atoms with Gasteiger partial charge in [-0.3, -0.25) is 9.97 Å². The van der Waals surface area contributed by atoms with Crippen LogP contribution in [0.4, 0.5) is 0 Å². The van der Waals surface area contributed by atoms with Crippen LogP contribution in [0, 0.1) is 6.92 Å². The predicted octanol–water partition coefficient (Wildman–Crippen LogP) is 4.20. The topological polar surface area (TPSA) is 66.2 Å². The van der Waals surface area contributed by atoms with Gasteiger partial charge in [-0.1, -0.05) is 18.6 Å². The molecule has 0 aliphatic heterocycles. The van der Waals surface area contributed by atoms with Crippen LogP contribution >= 0.6 is 0 Å². The minimum atomic E-state index is -0.0907. The van der Waals surface area contributed by atoms with Gasteiger partial charge in [-0.05, 0) is 39.5 Å². The maximum Gasteiger partial charge on any atom is 0.163 e. The summed E-state index contributed by atoms with van der Waals surface area (Å²) in [6.07, 6.45) is 7.20. The molecule has 1 atom stereocenters. The summed E-state index contributed by atoms with van der Waals surface area (Å²) in [6.45, 7) is 7.92. The highest BCUT2D eigenvalue weighted by Crippen LogP contribution is 2.42. The fourth-order valence-electron chi connectivity index (χ4n) is 2.57. The Balaban J connectivity index is 2.50. The molecule has 0 aliphatic rings. The number of nitrogens with zero attached hydrogens (tertiary/aromatic N) is 2. The molecular formula is C17H22N2O2. The van der Waals surface area contributed by atoms with Crippen molar-refractivity contribution < 1.29 is 10.2 Å². The molecule has 112 valence electrons. The highest BCUT2D eigenvalue weighted by Gasteiger charge is 2.21. The molecule has 1 heterocycles. The first-order valence-corrected chi connectivity index (χ1v) is 7.22. The van der Waals surface area contributed by atoms with Gasteiger partial charge in [0.1, 0.15) is 0 Å². The normalized spacial score (nSPS) is 12.4. The zero-order chi connectivity index (χ0) is 15.6. The first kappa shape index (κ1) is 15.3. The lowest BCUT2D eigenvalue weighted by atomic mass is 9.91. The second-order valence-electron chi connectivity index (χ2n) is 5.75. The van der Waals surface area contributed by atoms with Crippen molar-refractivity contribution in [2.75, 3.05) is 0 Å². The number of fused-ring (bicyclic) bond motifs is 1. The van der Waals surface area contributed by atoms with Crippen molar-refractivity contribution in [1.29, 1.82) is 0 Å². The van der Waals surface area contributed by atoms with Crippen LogP contribution in [0.5, 0.6) is 11.5 Å². The van der Waals surface area contributed by atoms with Gasteiger partial charge in [0, 0.05) is 23.5 Å². The number of aromatic hydroxyl groups is 2. The van der Waals surface area contributed by atoms with E-state index in [2.05, 4.69) is 29.9 Å². The Bertz CT molecular complexity index is 689. The Labute approximate surface area is 125 Å². The van der Waals surface area contributed by atoms with Crippen LogP contribution < -0.4 is 0 Å². The van der Waals surface area contributed by atoms with Crippen LogP contribution in [0.3, 0.4) is 0 Å². The number of aromatic nitrogens is 2. The lowest BCUT2D eigenvalue weighted by molar-refractivity contribution is 0.394. The number of hydrogen-bond acceptors (Lipinski definition) is 4. The quantitative estimate of drug-likeness (QED) is 0.653. The summed E-state index contributed by atoms with van der Waals surface area (Å²) < 4.78 is 0. The van der Waals surface area contributed by atoms with Crippen molar-refractivity contribution in [3.05, 3.63) is 35.2 Å². The minimum absolute atomic E-state index is 0.0646. The van der Waals surface area contributed by atoms with Gasteiger partial charge in [0.2, 0.25) is 0 Å². The first-order chi connectivity index (χ1) is 9.93. The Kier molecular flexibility index (Phi) is 4.46. The standard InChI is InChI=1S/C17H22N2O2/c1-10(2)6-5-7-11(3)13-15-14(18-8-9-19-15)12(4)16(20)17(13)21/h6,8-9,11,20-21H,5,7H2,1-4H3/t11-/m1/s1. The summed E-state index contributed by atoms with van der Waals surface area (Å²) in [4.78, 5) is 8.65. The molecule has 0 fully saturated rings. The number of rotatable bonds is 4. The predicted molar refractivity (Wildman–Crippen MR) is 84.7 cm³/mol. The number of aryl methyl sites for hydroxylation is 1. The average molecular weight is 286 g/mol. The first-order valence-electron chi connectivity index (χ1n) is 7.22. The van der Waals surface area contributed by atoms with Crippen LogP contribution in [0.1, 0.15) is 50.7 Å². The van der Waals surface area contributed by atoms with Gasteiger partial charge in [-0.25, -0.2) is 0 Å². The van der Waals surface area contributed by atoms with Crippen molar-refractivity contribution in [1.82, 2.24) is 9.97 Å². The Morgan fingerprint density at radius 3 is 2.38 bits per heavy atom. The molecule has 0 bridgehead atoms. The van der Waals surface area contributed by atoms with Crippen molar-refractivity contribution in [2.24, 2.45) is 0 Å². The van der Waals surface area contributed by atoms with E-state index < -0.39 is 0 Å². The molecule has 0 amide bonds. The summed E-state index contributed by atoms with van der Waals surface area (Å²) >= 11 is 0. The lowest BCUT2D eigenvalue weighted by Crippen LogP contribution is -2.00. The fourth-order valence-corrected chi connectivity index (χ4v) is 2.57. The minimum Gasteiger partial charge on any atom is -0.504 e. The van der Waals surface area contributed by atoms with Crippen LogP contribution in [0.15, 0.2) is 24.0 Å². The summed E-state index contributed by atoms with van der Waals surface area (Å²) in [6, 6.07) is 0. The smallest absolute Gasteiger partial charge is 0.163 e. The molecule has 4 nitrogen and oxygen atoms in total. The van der Waals surface area contributed by atoms with E-state index >= 15 is 0 Å². The van der Waals surface area contributed by atoms with Gasteiger partial charge in [0.15, 0.2) is 11.5 Å².